The van der Waals surface area contributed by atoms with Gasteiger partial charge in [0.2, 0.25) is 5.91 Å². The van der Waals surface area contributed by atoms with Crippen LogP contribution < -0.4 is 5.32 Å². The zero-order valence-corrected chi connectivity index (χ0v) is 13.4. The van der Waals surface area contributed by atoms with E-state index in [2.05, 4.69) is 10.4 Å². The largest absolute Gasteiger partial charge is 0.368 e. The summed E-state index contributed by atoms with van der Waals surface area (Å²) < 4.78 is 7.46. The van der Waals surface area contributed by atoms with E-state index in [0.717, 1.165) is 24.1 Å². The number of nitrogens with zero attached hydrogens (tertiary/aromatic N) is 2. The Morgan fingerprint density at radius 2 is 2.22 bits per heavy atom. The van der Waals surface area contributed by atoms with Gasteiger partial charge in [0, 0.05) is 12.4 Å². The maximum Gasteiger partial charge on any atom is 0.246 e. The van der Waals surface area contributed by atoms with Crippen molar-refractivity contribution in [1.29, 1.82) is 0 Å². The van der Waals surface area contributed by atoms with Crippen LogP contribution >= 0.6 is 0 Å². The summed E-state index contributed by atoms with van der Waals surface area (Å²) in [5.74, 6) is -0.0612. The summed E-state index contributed by atoms with van der Waals surface area (Å²) >= 11 is 0. The van der Waals surface area contributed by atoms with Gasteiger partial charge in [-0.25, -0.2) is 4.68 Å². The molecule has 3 rings (SSSR count). The quantitative estimate of drug-likeness (QED) is 0.892. The topological polar surface area (TPSA) is 56.1 Å². The fourth-order valence-electron chi connectivity index (χ4n) is 2.97. The minimum atomic E-state index is -0.0646. The number of aromatic nitrogens is 2. The van der Waals surface area contributed by atoms with Crippen molar-refractivity contribution in [3.63, 3.8) is 0 Å². The number of carbonyl (C=O) groups is 1. The fourth-order valence-corrected chi connectivity index (χ4v) is 2.97. The Balaban J connectivity index is 1.56. The van der Waals surface area contributed by atoms with Gasteiger partial charge in [0.1, 0.15) is 6.61 Å². The summed E-state index contributed by atoms with van der Waals surface area (Å²) in [6, 6.07) is 9.84. The Morgan fingerprint density at radius 1 is 1.39 bits per heavy atom. The second-order valence-electron chi connectivity index (χ2n) is 6.05. The highest BCUT2D eigenvalue weighted by molar-refractivity contribution is 5.77. The number of carbonyl (C=O) groups excluding carboxylic acids is 1. The summed E-state index contributed by atoms with van der Waals surface area (Å²) in [5.41, 5.74) is 2.03. The molecule has 5 heteroatoms. The van der Waals surface area contributed by atoms with Crippen LogP contribution in [0, 0.1) is 0 Å². The fraction of sp³-hybridized carbons (Fsp3) is 0.444. The lowest BCUT2D eigenvalue weighted by Crippen LogP contribution is -2.31. The third kappa shape index (κ3) is 4.20. The van der Waals surface area contributed by atoms with Gasteiger partial charge in [0.15, 0.2) is 0 Å². The van der Waals surface area contributed by atoms with Gasteiger partial charge in [-0.15, -0.1) is 0 Å². The molecule has 0 saturated heterocycles. The van der Waals surface area contributed by atoms with Crippen LogP contribution in [-0.2, 0) is 9.53 Å². The first-order valence-electron chi connectivity index (χ1n) is 8.23. The van der Waals surface area contributed by atoms with Crippen LogP contribution in [0.1, 0.15) is 44.2 Å². The van der Waals surface area contributed by atoms with Crippen molar-refractivity contribution in [3.05, 3.63) is 48.3 Å². The van der Waals surface area contributed by atoms with Gasteiger partial charge in [-0.3, -0.25) is 4.79 Å². The number of amides is 1. The van der Waals surface area contributed by atoms with Crippen LogP contribution in [0.15, 0.2) is 42.7 Å². The van der Waals surface area contributed by atoms with E-state index in [4.69, 9.17) is 4.74 Å². The first-order chi connectivity index (χ1) is 11.2. The molecule has 0 radical (unpaired) electrons. The third-order valence-corrected chi connectivity index (χ3v) is 4.27. The number of benzene rings is 1. The van der Waals surface area contributed by atoms with Crippen molar-refractivity contribution in [3.8, 4) is 5.69 Å². The molecule has 122 valence electrons. The maximum atomic E-state index is 12.0. The number of hydrogen-bond acceptors (Lipinski definition) is 3. The molecule has 1 heterocycles. The molecule has 1 fully saturated rings. The Bertz CT molecular complexity index is 633. The average molecular weight is 313 g/mol. The van der Waals surface area contributed by atoms with Crippen LogP contribution in [0.25, 0.3) is 5.69 Å². The Kier molecular flexibility index (Phi) is 5.08. The van der Waals surface area contributed by atoms with Crippen molar-refractivity contribution in [1.82, 2.24) is 15.1 Å². The van der Waals surface area contributed by atoms with Gasteiger partial charge in [-0.1, -0.05) is 25.0 Å². The molecule has 0 spiro atoms. The molecule has 1 aromatic heterocycles. The summed E-state index contributed by atoms with van der Waals surface area (Å²) in [5, 5.41) is 7.23. The molecular formula is C18H23N3O2. The van der Waals surface area contributed by atoms with Crippen LogP contribution in [0.5, 0.6) is 0 Å². The van der Waals surface area contributed by atoms with Crippen LogP contribution in [0.4, 0.5) is 0 Å². The molecule has 2 aromatic rings. The molecule has 0 aliphatic heterocycles. The number of hydrogen-bond donors (Lipinski definition) is 1. The normalized spacial score (nSPS) is 16.4. The Labute approximate surface area is 136 Å². The van der Waals surface area contributed by atoms with Crippen molar-refractivity contribution >= 4 is 5.91 Å². The zero-order valence-electron chi connectivity index (χ0n) is 13.4. The van der Waals surface area contributed by atoms with Gasteiger partial charge < -0.3 is 10.1 Å². The monoisotopic (exact) mass is 313 g/mol. The van der Waals surface area contributed by atoms with Gasteiger partial charge >= 0.3 is 0 Å². The van der Waals surface area contributed by atoms with E-state index in [9.17, 15) is 4.79 Å². The predicted octanol–water partition coefficient (Wildman–Crippen LogP) is 3.01. The predicted molar refractivity (Wildman–Crippen MR) is 88.3 cm³/mol. The van der Waals surface area contributed by atoms with Gasteiger partial charge in [0.05, 0.1) is 17.8 Å². The van der Waals surface area contributed by atoms with Gasteiger partial charge in [-0.05, 0) is 43.5 Å². The summed E-state index contributed by atoms with van der Waals surface area (Å²) in [7, 11) is 0. The van der Waals surface area contributed by atoms with E-state index >= 15 is 0 Å². The van der Waals surface area contributed by atoms with Crippen LogP contribution in [0.2, 0.25) is 0 Å². The summed E-state index contributed by atoms with van der Waals surface area (Å²) in [6.07, 6.45) is 8.49. The SMILES string of the molecule is C[C@H](NC(=O)COC1CCCC1)c1cccc(-n2cccn2)c1. The third-order valence-electron chi connectivity index (χ3n) is 4.27. The minimum absolute atomic E-state index is 0.0612. The molecule has 1 saturated carbocycles. The molecule has 1 aliphatic rings. The zero-order chi connectivity index (χ0) is 16.1. The molecule has 1 amide bonds. The molecule has 1 aliphatic carbocycles. The standard InChI is InChI=1S/C18H23N3O2/c1-14(20-18(22)13-23-17-8-2-3-9-17)15-6-4-7-16(12-15)21-11-5-10-19-21/h4-7,10-12,14,17H,2-3,8-9,13H2,1H3,(H,20,22)/t14-/m0/s1. The second kappa shape index (κ2) is 7.42. The van der Waals surface area contributed by atoms with Crippen molar-refractivity contribution in [2.75, 3.05) is 6.61 Å². The molecular weight excluding hydrogens is 290 g/mol. The summed E-state index contributed by atoms with van der Waals surface area (Å²) in [6.45, 7) is 2.13. The van der Waals surface area contributed by atoms with E-state index in [0.29, 0.717) is 0 Å². The van der Waals surface area contributed by atoms with Crippen LogP contribution in [-0.4, -0.2) is 28.4 Å². The number of nitrogens with one attached hydrogen (secondary N) is 1. The van der Waals surface area contributed by atoms with Crippen molar-refractivity contribution < 1.29 is 9.53 Å². The lowest BCUT2D eigenvalue weighted by atomic mass is 10.1. The van der Waals surface area contributed by atoms with Crippen molar-refractivity contribution in [2.45, 2.75) is 44.8 Å². The molecule has 0 unspecified atom stereocenters. The Hall–Kier alpha value is -2.14. The molecule has 1 atom stereocenters. The van der Waals surface area contributed by atoms with Gasteiger partial charge in [0.25, 0.3) is 0 Å². The highest BCUT2D eigenvalue weighted by atomic mass is 16.5. The molecule has 23 heavy (non-hydrogen) atoms. The minimum Gasteiger partial charge on any atom is -0.368 e. The lowest BCUT2D eigenvalue weighted by Gasteiger charge is -2.17. The average Bonchev–Trinajstić information content (AvgIpc) is 3.26. The first kappa shape index (κ1) is 15.7. The van der Waals surface area contributed by atoms with E-state index in [1.165, 1.54) is 12.8 Å². The maximum absolute atomic E-state index is 12.0. The van der Waals surface area contributed by atoms with E-state index < -0.39 is 0 Å². The van der Waals surface area contributed by atoms with Gasteiger partial charge in [-0.2, -0.15) is 5.10 Å². The highest BCUT2D eigenvalue weighted by Gasteiger charge is 2.17. The Morgan fingerprint density at radius 3 is 2.96 bits per heavy atom. The van der Waals surface area contributed by atoms with Crippen LogP contribution in [0.3, 0.4) is 0 Å². The summed E-state index contributed by atoms with van der Waals surface area (Å²) in [4.78, 5) is 12.0. The number of rotatable bonds is 6. The van der Waals surface area contributed by atoms with E-state index in [-0.39, 0.29) is 24.7 Å². The highest BCUT2D eigenvalue weighted by Crippen LogP contribution is 2.21. The number of ether oxygens (including phenoxy) is 1. The first-order valence-corrected chi connectivity index (χ1v) is 8.23. The molecule has 0 bridgehead atoms. The van der Waals surface area contributed by atoms with E-state index in [1.54, 1.807) is 10.9 Å². The van der Waals surface area contributed by atoms with E-state index in [1.807, 2.05) is 43.5 Å². The molecule has 5 nitrogen and oxygen atoms in total. The van der Waals surface area contributed by atoms with Crippen molar-refractivity contribution in [2.24, 2.45) is 0 Å². The lowest BCUT2D eigenvalue weighted by molar-refractivity contribution is -0.128. The second-order valence-corrected chi connectivity index (χ2v) is 6.05. The smallest absolute Gasteiger partial charge is 0.246 e. The molecule has 1 N–H and O–H groups in total. The molecule has 1 aromatic carbocycles.